The monoisotopic (exact) mass is 347 g/mol. The van der Waals surface area contributed by atoms with Crippen molar-refractivity contribution in [2.75, 3.05) is 38.1 Å². The lowest BCUT2D eigenvalue weighted by Crippen LogP contribution is -2.42. The molecule has 0 atom stereocenters. The van der Waals surface area contributed by atoms with Crippen LogP contribution in [0, 0.1) is 19.8 Å². The van der Waals surface area contributed by atoms with Crippen molar-refractivity contribution in [3.63, 3.8) is 0 Å². The van der Waals surface area contributed by atoms with Crippen molar-refractivity contribution in [3.05, 3.63) is 16.8 Å². The molecule has 0 saturated carbocycles. The molecular formula is C17H25N5OS. The molecule has 1 amide bonds. The van der Waals surface area contributed by atoms with E-state index in [1.165, 1.54) is 15.8 Å². The Morgan fingerprint density at radius 2 is 2.04 bits per heavy atom. The number of carbonyl (C=O) groups is 1. The van der Waals surface area contributed by atoms with Gasteiger partial charge in [-0.15, -0.1) is 11.3 Å². The zero-order valence-electron chi connectivity index (χ0n) is 14.6. The number of amides is 1. The van der Waals surface area contributed by atoms with Gasteiger partial charge in [-0.1, -0.05) is 0 Å². The molecule has 0 aliphatic carbocycles. The fourth-order valence-corrected chi connectivity index (χ4v) is 4.20. The highest BCUT2D eigenvalue weighted by Crippen LogP contribution is 2.35. The summed E-state index contributed by atoms with van der Waals surface area (Å²) in [7, 11) is 1.89. The summed E-state index contributed by atoms with van der Waals surface area (Å²) in [6.07, 6.45) is 3.40. The van der Waals surface area contributed by atoms with Gasteiger partial charge in [-0.25, -0.2) is 9.97 Å². The summed E-state index contributed by atoms with van der Waals surface area (Å²) in [5.74, 6) is 1.32. The van der Waals surface area contributed by atoms with Crippen LogP contribution >= 0.6 is 11.3 Å². The van der Waals surface area contributed by atoms with Crippen molar-refractivity contribution in [2.45, 2.75) is 26.7 Å². The summed E-state index contributed by atoms with van der Waals surface area (Å²) >= 11 is 1.73. The molecule has 0 aromatic carbocycles. The maximum absolute atomic E-state index is 12.2. The van der Waals surface area contributed by atoms with Crippen LogP contribution in [0.2, 0.25) is 0 Å². The predicted molar refractivity (Wildman–Crippen MR) is 98.8 cm³/mol. The summed E-state index contributed by atoms with van der Waals surface area (Å²) in [5, 5.41) is 7.23. The van der Waals surface area contributed by atoms with Crippen LogP contribution in [0.3, 0.4) is 0 Å². The van der Waals surface area contributed by atoms with E-state index in [4.69, 9.17) is 0 Å². The second-order valence-electron chi connectivity index (χ2n) is 6.32. The molecule has 3 heterocycles. The van der Waals surface area contributed by atoms with Gasteiger partial charge in [0, 0.05) is 37.0 Å². The van der Waals surface area contributed by atoms with Crippen LogP contribution in [-0.4, -0.2) is 49.1 Å². The number of carbonyl (C=O) groups excluding carboxylic acids is 1. The van der Waals surface area contributed by atoms with E-state index in [0.29, 0.717) is 6.54 Å². The number of anilines is 1. The van der Waals surface area contributed by atoms with E-state index in [1.54, 1.807) is 17.7 Å². The number of likely N-dealkylation sites (N-methyl/N-ethyl adjacent to an activating group) is 1. The van der Waals surface area contributed by atoms with Gasteiger partial charge < -0.3 is 15.5 Å². The quantitative estimate of drug-likeness (QED) is 0.808. The topological polar surface area (TPSA) is 70.2 Å². The highest BCUT2D eigenvalue weighted by atomic mass is 32.1. The van der Waals surface area contributed by atoms with E-state index in [9.17, 15) is 4.79 Å². The fourth-order valence-electron chi connectivity index (χ4n) is 3.21. The van der Waals surface area contributed by atoms with E-state index >= 15 is 0 Å². The van der Waals surface area contributed by atoms with Crippen LogP contribution in [0.1, 0.15) is 23.3 Å². The molecule has 24 heavy (non-hydrogen) atoms. The Morgan fingerprint density at radius 3 is 2.75 bits per heavy atom. The Morgan fingerprint density at radius 1 is 1.29 bits per heavy atom. The molecule has 0 unspecified atom stereocenters. The predicted octanol–water partition coefficient (Wildman–Crippen LogP) is 1.86. The minimum atomic E-state index is 0.112. The minimum Gasteiger partial charge on any atom is -0.356 e. The number of fused-ring (bicyclic) bond motifs is 1. The largest absolute Gasteiger partial charge is 0.356 e. The van der Waals surface area contributed by atoms with Gasteiger partial charge in [0.25, 0.3) is 0 Å². The highest BCUT2D eigenvalue weighted by molar-refractivity contribution is 7.18. The summed E-state index contributed by atoms with van der Waals surface area (Å²) < 4.78 is 0. The van der Waals surface area contributed by atoms with Crippen molar-refractivity contribution in [3.8, 4) is 0 Å². The molecule has 2 aromatic heterocycles. The Kier molecular flexibility index (Phi) is 5.30. The molecule has 6 nitrogen and oxygen atoms in total. The third kappa shape index (κ3) is 3.37. The molecule has 2 aromatic rings. The van der Waals surface area contributed by atoms with Crippen molar-refractivity contribution < 1.29 is 4.79 Å². The van der Waals surface area contributed by atoms with Gasteiger partial charge in [-0.3, -0.25) is 4.79 Å². The smallest absolute Gasteiger partial charge is 0.223 e. The molecule has 130 valence electrons. The standard InChI is InChI=1S/C17H25N5OS/c1-11-12(2)24-17-14(11)15(20-10-21-17)22-8-4-13(5-9-22)16(23)19-7-6-18-3/h10,13,18H,4-9H2,1-3H3,(H,19,23). The summed E-state index contributed by atoms with van der Waals surface area (Å²) in [6.45, 7) is 7.50. The Bertz CT molecular complexity index is 721. The summed E-state index contributed by atoms with van der Waals surface area (Å²) in [5.41, 5.74) is 1.28. The highest BCUT2D eigenvalue weighted by Gasteiger charge is 2.27. The Balaban J connectivity index is 1.68. The van der Waals surface area contributed by atoms with Crippen LogP contribution in [0.4, 0.5) is 5.82 Å². The normalized spacial score (nSPS) is 15.9. The zero-order chi connectivity index (χ0) is 17.1. The van der Waals surface area contributed by atoms with Gasteiger partial charge in [0.15, 0.2) is 0 Å². The molecule has 7 heteroatoms. The average molecular weight is 347 g/mol. The number of aryl methyl sites for hydroxylation is 2. The second-order valence-corrected chi connectivity index (χ2v) is 7.52. The van der Waals surface area contributed by atoms with Gasteiger partial charge in [-0.2, -0.15) is 0 Å². The first-order valence-corrected chi connectivity index (χ1v) is 9.31. The number of rotatable bonds is 5. The first-order chi connectivity index (χ1) is 11.6. The van der Waals surface area contributed by atoms with Crippen LogP contribution < -0.4 is 15.5 Å². The molecule has 0 radical (unpaired) electrons. The number of hydrogen-bond acceptors (Lipinski definition) is 6. The van der Waals surface area contributed by atoms with Gasteiger partial charge >= 0.3 is 0 Å². The van der Waals surface area contributed by atoms with E-state index < -0.39 is 0 Å². The molecule has 1 aliphatic heterocycles. The number of nitrogens with zero attached hydrogens (tertiary/aromatic N) is 3. The molecule has 1 saturated heterocycles. The number of thiophene rings is 1. The first kappa shape index (κ1) is 17.1. The molecule has 1 aliphatic rings. The third-order valence-electron chi connectivity index (χ3n) is 4.78. The summed E-state index contributed by atoms with van der Waals surface area (Å²) in [6, 6.07) is 0. The minimum absolute atomic E-state index is 0.112. The zero-order valence-corrected chi connectivity index (χ0v) is 15.4. The van der Waals surface area contributed by atoms with Crippen molar-refractivity contribution in [1.82, 2.24) is 20.6 Å². The number of hydrogen-bond donors (Lipinski definition) is 2. The van der Waals surface area contributed by atoms with Crippen molar-refractivity contribution in [1.29, 1.82) is 0 Å². The first-order valence-electron chi connectivity index (χ1n) is 8.49. The second kappa shape index (κ2) is 7.44. The van der Waals surface area contributed by atoms with Crippen LogP contribution in [0.5, 0.6) is 0 Å². The molecule has 0 spiro atoms. The lowest BCUT2D eigenvalue weighted by Gasteiger charge is -2.32. The van der Waals surface area contributed by atoms with E-state index in [2.05, 4.69) is 39.3 Å². The van der Waals surface area contributed by atoms with E-state index in [-0.39, 0.29) is 11.8 Å². The summed E-state index contributed by atoms with van der Waals surface area (Å²) in [4.78, 5) is 25.8. The molecule has 2 N–H and O–H groups in total. The van der Waals surface area contributed by atoms with E-state index in [0.717, 1.165) is 43.1 Å². The Hall–Kier alpha value is -1.73. The van der Waals surface area contributed by atoms with Crippen LogP contribution in [0.25, 0.3) is 10.2 Å². The lowest BCUT2D eigenvalue weighted by molar-refractivity contribution is -0.125. The van der Waals surface area contributed by atoms with Gasteiger partial charge in [0.1, 0.15) is 17.0 Å². The van der Waals surface area contributed by atoms with Crippen LogP contribution in [0.15, 0.2) is 6.33 Å². The lowest BCUT2D eigenvalue weighted by atomic mass is 9.95. The number of piperidine rings is 1. The maximum atomic E-state index is 12.2. The molecule has 1 fully saturated rings. The molecule has 3 rings (SSSR count). The molecular weight excluding hydrogens is 322 g/mol. The van der Waals surface area contributed by atoms with E-state index in [1.807, 2.05) is 7.05 Å². The van der Waals surface area contributed by atoms with Crippen molar-refractivity contribution in [2.24, 2.45) is 5.92 Å². The van der Waals surface area contributed by atoms with Crippen molar-refractivity contribution >= 4 is 33.3 Å². The SMILES string of the molecule is CNCCNC(=O)C1CCN(c2ncnc3sc(C)c(C)c23)CC1. The number of nitrogens with one attached hydrogen (secondary N) is 2. The number of aromatic nitrogens is 2. The Labute approximate surface area is 146 Å². The van der Waals surface area contributed by atoms with Gasteiger partial charge in [0.2, 0.25) is 5.91 Å². The third-order valence-corrected chi connectivity index (χ3v) is 5.90. The maximum Gasteiger partial charge on any atom is 0.223 e. The average Bonchev–Trinajstić information content (AvgIpc) is 2.90. The van der Waals surface area contributed by atoms with Crippen LogP contribution in [-0.2, 0) is 4.79 Å². The van der Waals surface area contributed by atoms with Gasteiger partial charge in [0.05, 0.1) is 5.39 Å². The van der Waals surface area contributed by atoms with Gasteiger partial charge in [-0.05, 0) is 39.3 Å². The fraction of sp³-hybridized carbons (Fsp3) is 0.588. The molecule has 0 bridgehead atoms.